The number of piperidine rings is 1. The van der Waals surface area contributed by atoms with E-state index < -0.39 is 11.7 Å². The first-order valence-corrected chi connectivity index (χ1v) is 13.1. The number of Topliss-reactive ketones (excluding diaryl/α,β-unsaturated/α-hetero) is 1. The van der Waals surface area contributed by atoms with E-state index in [-0.39, 0.29) is 17.3 Å². The van der Waals surface area contributed by atoms with Crippen molar-refractivity contribution in [2.45, 2.75) is 19.3 Å². The molecule has 2 aromatic carbocycles. The summed E-state index contributed by atoms with van der Waals surface area (Å²) in [6.07, 6.45) is 5.60. The minimum Gasteiger partial charge on any atom is -0.350 e. The minimum absolute atomic E-state index is 0.190. The molecule has 3 heterocycles. The number of carbonyl (C=O) groups excluding carboxylic acids is 3. The molecule has 0 aliphatic carbocycles. The van der Waals surface area contributed by atoms with Gasteiger partial charge in [0, 0.05) is 43.3 Å². The van der Waals surface area contributed by atoms with Crippen LogP contribution in [0.25, 0.3) is 10.9 Å². The first-order chi connectivity index (χ1) is 17.8. The summed E-state index contributed by atoms with van der Waals surface area (Å²) in [5.41, 5.74) is 2.21. The Morgan fingerprint density at radius 1 is 1.14 bits per heavy atom. The molecule has 0 bridgehead atoms. The maximum absolute atomic E-state index is 13.4. The van der Waals surface area contributed by atoms with Crippen molar-refractivity contribution in [3.8, 4) is 0 Å². The van der Waals surface area contributed by atoms with Crippen molar-refractivity contribution in [1.82, 2.24) is 14.5 Å². The standard InChI is InChI=1S/C27H24ClFN4O3S/c1-32-15-21(24(34)25(35)31-27-30-8-11-37-27)19-13-20(22(28)14-23(19)32)26(36)33-9-6-17(7-10-33)12-16-2-4-18(29)5-3-16/h2-5,8,11,13-15,17H,6-7,9-10,12H2,1H3,(H,30,31,35). The van der Waals surface area contributed by atoms with E-state index in [1.165, 1.54) is 29.7 Å². The van der Waals surface area contributed by atoms with Crippen LogP contribution >= 0.6 is 22.9 Å². The zero-order valence-electron chi connectivity index (χ0n) is 20.0. The number of thiazole rings is 1. The second-order valence-electron chi connectivity index (χ2n) is 9.19. The van der Waals surface area contributed by atoms with Crippen LogP contribution in [0, 0.1) is 11.7 Å². The number of anilines is 1. The summed E-state index contributed by atoms with van der Waals surface area (Å²) in [4.78, 5) is 44.7. The van der Waals surface area contributed by atoms with E-state index in [0.29, 0.717) is 45.6 Å². The number of benzene rings is 2. The fourth-order valence-corrected chi connectivity index (χ4v) is 5.54. The number of aryl methyl sites for hydroxylation is 1. The van der Waals surface area contributed by atoms with Crippen LogP contribution in [-0.2, 0) is 18.3 Å². The summed E-state index contributed by atoms with van der Waals surface area (Å²) in [5.74, 6) is -1.57. The second kappa shape index (κ2) is 10.4. The number of fused-ring (bicyclic) bond motifs is 1. The number of halogens is 2. The van der Waals surface area contributed by atoms with Crippen LogP contribution in [0.1, 0.15) is 39.1 Å². The van der Waals surface area contributed by atoms with Crippen molar-refractivity contribution in [3.05, 3.63) is 81.7 Å². The Balaban J connectivity index is 1.33. The van der Waals surface area contributed by atoms with Gasteiger partial charge in [0.1, 0.15) is 5.82 Å². The molecule has 2 aromatic heterocycles. The minimum atomic E-state index is -0.798. The molecule has 0 saturated carbocycles. The van der Waals surface area contributed by atoms with Gasteiger partial charge in [-0.25, -0.2) is 9.37 Å². The number of nitrogens with zero attached hydrogens (tertiary/aromatic N) is 3. The molecule has 7 nitrogen and oxygen atoms in total. The molecule has 1 fully saturated rings. The zero-order valence-corrected chi connectivity index (χ0v) is 21.6. The maximum Gasteiger partial charge on any atom is 0.298 e. The predicted molar refractivity (Wildman–Crippen MR) is 142 cm³/mol. The zero-order chi connectivity index (χ0) is 26.1. The summed E-state index contributed by atoms with van der Waals surface area (Å²) in [5, 5.41) is 5.32. The van der Waals surface area contributed by atoms with E-state index >= 15 is 0 Å². The highest BCUT2D eigenvalue weighted by Crippen LogP contribution is 2.31. The topological polar surface area (TPSA) is 84.3 Å². The molecule has 1 aliphatic heterocycles. The molecule has 0 atom stereocenters. The summed E-state index contributed by atoms with van der Waals surface area (Å²) >= 11 is 7.74. The van der Waals surface area contributed by atoms with Crippen LogP contribution in [-0.4, -0.2) is 45.1 Å². The average Bonchev–Trinajstić information content (AvgIpc) is 3.52. The van der Waals surface area contributed by atoms with Gasteiger partial charge in [0.05, 0.1) is 21.7 Å². The average molecular weight is 539 g/mol. The van der Waals surface area contributed by atoms with Crippen molar-refractivity contribution in [2.24, 2.45) is 13.0 Å². The Bertz CT molecular complexity index is 1480. The number of likely N-dealkylation sites (tertiary alicyclic amines) is 1. The van der Waals surface area contributed by atoms with Crippen molar-refractivity contribution in [3.63, 3.8) is 0 Å². The number of nitrogens with one attached hydrogen (secondary N) is 1. The van der Waals surface area contributed by atoms with E-state index in [1.807, 2.05) is 0 Å². The number of amides is 2. The van der Waals surface area contributed by atoms with Gasteiger partial charge in [0.2, 0.25) is 0 Å². The Kier molecular flexibility index (Phi) is 7.08. The third-order valence-corrected chi connectivity index (χ3v) is 7.75. The Morgan fingerprint density at radius 2 is 1.86 bits per heavy atom. The number of ketones is 1. The highest BCUT2D eigenvalue weighted by Gasteiger charge is 2.28. The van der Waals surface area contributed by atoms with Crippen LogP contribution in [0.15, 0.2) is 54.2 Å². The van der Waals surface area contributed by atoms with Crippen molar-refractivity contribution < 1.29 is 18.8 Å². The van der Waals surface area contributed by atoms with Gasteiger partial charge in [0.15, 0.2) is 5.13 Å². The Morgan fingerprint density at radius 3 is 2.54 bits per heavy atom. The van der Waals surface area contributed by atoms with Crippen molar-refractivity contribution in [1.29, 1.82) is 0 Å². The molecule has 2 amide bonds. The lowest BCUT2D eigenvalue weighted by Gasteiger charge is -2.32. The van der Waals surface area contributed by atoms with Gasteiger partial charge < -0.3 is 9.47 Å². The highest BCUT2D eigenvalue weighted by atomic mass is 35.5. The number of aromatic nitrogens is 2. The van der Waals surface area contributed by atoms with E-state index in [0.717, 1.165) is 24.8 Å². The summed E-state index contributed by atoms with van der Waals surface area (Å²) in [6.45, 7) is 1.16. The lowest BCUT2D eigenvalue weighted by molar-refractivity contribution is -0.112. The summed E-state index contributed by atoms with van der Waals surface area (Å²) in [6, 6.07) is 9.81. The molecule has 0 spiro atoms. The van der Waals surface area contributed by atoms with Gasteiger partial charge in [-0.05, 0) is 55.0 Å². The second-order valence-corrected chi connectivity index (χ2v) is 10.5. The number of hydrogen-bond donors (Lipinski definition) is 1. The molecule has 5 rings (SSSR count). The lowest BCUT2D eigenvalue weighted by Crippen LogP contribution is -2.39. The third kappa shape index (κ3) is 5.28. The quantitative estimate of drug-likeness (QED) is 0.265. The maximum atomic E-state index is 13.4. The van der Waals surface area contributed by atoms with E-state index in [1.54, 1.807) is 52.4 Å². The van der Waals surface area contributed by atoms with Gasteiger partial charge >= 0.3 is 0 Å². The molecule has 1 saturated heterocycles. The number of rotatable bonds is 6. The van der Waals surface area contributed by atoms with E-state index in [4.69, 9.17) is 11.6 Å². The summed E-state index contributed by atoms with van der Waals surface area (Å²) in [7, 11) is 1.75. The fraction of sp³-hybridized carbons (Fsp3) is 0.259. The van der Waals surface area contributed by atoms with Crippen molar-refractivity contribution >= 4 is 56.6 Å². The van der Waals surface area contributed by atoms with Gasteiger partial charge in [-0.1, -0.05) is 23.7 Å². The molecule has 1 aliphatic rings. The van der Waals surface area contributed by atoms with Gasteiger partial charge in [-0.3, -0.25) is 19.7 Å². The van der Waals surface area contributed by atoms with Crippen molar-refractivity contribution in [2.75, 3.05) is 18.4 Å². The van der Waals surface area contributed by atoms with E-state index in [9.17, 15) is 18.8 Å². The largest absolute Gasteiger partial charge is 0.350 e. The molecule has 190 valence electrons. The van der Waals surface area contributed by atoms with Crippen LogP contribution in [0.5, 0.6) is 0 Å². The molecule has 37 heavy (non-hydrogen) atoms. The van der Waals surface area contributed by atoms with Crippen LogP contribution in [0.2, 0.25) is 5.02 Å². The summed E-state index contributed by atoms with van der Waals surface area (Å²) < 4.78 is 14.9. The molecular formula is C27H24ClFN4O3S. The molecule has 4 aromatic rings. The first kappa shape index (κ1) is 25.1. The van der Waals surface area contributed by atoms with Gasteiger partial charge in [0.25, 0.3) is 17.6 Å². The molecule has 0 unspecified atom stereocenters. The van der Waals surface area contributed by atoms with Crippen LogP contribution < -0.4 is 5.32 Å². The third-order valence-electron chi connectivity index (χ3n) is 6.75. The Hall–Kier alpha value is -3.56. The first-order valence-electron chi connectivity index (χ1n) is 11.9. The number of hydrogen-bond acceptors (Lipinski definition) is 5. The van der Waals surface area contributed by atoms with Crippen LogP contribution in [0.3, 0.4) is 0 Å². The highest BCUT2D eigenvalue weighted by molar-refractivity contribution is 7.13. The van der Waals surface area contributed by atoms with Crippen LogP contribution in [0.4, 0.5) is 9.52 Å². The number of carbonyl (C=O) groups is 3. The SMILES string of the molecule is Cn1cc(C(=O)C(=O)Nc2nccs2)c2cc(C(=O)N3CCC(Cc4ccc(F)cc4)CC3)c(Cl)cc21. The Labute approximate surface area is 221 Å². The monoisotopic (exact) mass is 538 g/mol. The van der Waals surface area contributed by atoms with Gasteiger partial charge in [-0.2, -0.15) is 0 Å². The van der Waals surface area contributed by atoms with Gasteiger partial charge in [-0.15, -0.1) is 11.3 Å². The smallest absolute Gasteiger partial charge is 0.298 e. The molecular weight excluding hydrogens is 515 g/mol. The predicted octanol–water partition coefficient (Wildman–Crippen LogP) is 5.34. The fourth-order valence-electron chi connectivity index (χ4n) is 4.77. The molecule has 1 N–H and O–H groups in total. The molecule has 0 radical (unpaired) electrons. The molecule has 10 heteroatoms. The lowest BCUT2D eigenvalue weighted by atomic mass is 9.90. The van der Waals surface area contributed by atoms with E-state index in [2.05, 4.69) is 10.3 Å². The normalized spacial score (nSPS) is 14.2.